The van der Waals surface area contributed by atoms with E-state index in [2.05, 4.69) is 22.2 Å². The van der Waals surface area contributed by atoms with Crippen LogP contribution in [0.25, 0.3) is 10.2 Å². The van der Waals surface area contributed by atoms with Crippen molar-refractivity contribution in [1.29, 1.82) is 0 Å². The second kappa shape index (κ2) is 13.3. The van der Waals surface area contributed by atoms with E-state index in [4.69, 9.17) is 9.47 Å². The lowest BCUT2D eigenvalue weighted by atomic mass is 10.0. The van der Waals surface area contributed by atoms with Gasteiger partial charge in [0.05, 0.1) is 16.8 Å². The number of unbranched alkanes of at least 4 members (excludes halogenated alkanes) is 3. The second-order valence-corrected chi connectivity index (χ2v) is 13.4. The summed E-state index contributed by atoms with van der Waals surface area (Å²) in [6, 6.07) is 5.68. The monoisotopic (exact) mass is 614 g/mol. The number of aromatic nitrogens is 1. The molecular formula is C31H42N4O7S. The number of nitrogens with one attached hydrogen (secondary N) is 2. The van der Waals surface area contributed by atoms with Crippen molar-refractivity contribution in [2.75, 3.05) is 6.54 Å². The highest BCUT2D eigenvalue weighted by atomic mass is 32.1. The maximum absolute atomic E-state index is 14.1. The number of hydrogen-bond acceptors (Lipinski definition) is 8. The van der Waals surface area contributed by atoms with E-state index in [9.17, 15) is 24.3 Å². The molecule has 0 spiro atoms. The molecule has 234 valence electrons. The molecule has 1 aromatic carbocycles. The summed E-state index contributed by atoms with van der Waals surface area (Å²) in [6.45, 7) is 10.8. The molecule has 1 aliphatic heterocycles. The summed E-state index contributed by atoms with van der Waals surface area (Å²) in [6.07, 6.45) is 4.60. The number of thiazole rings is 1. The molecule has 5 atom stereocenters. The third kappa shape index (κ3) is 8.04. The highest BCUT2D eigenvalue weighted by Crippen LogP contribution is 2.43. The molecule has 43 heavy (non-hydrogen) atoms. The Hall–Kier alpha value is -3.67. The predicted octanol–water partition coefficient (Wildman–Crippen LogP) is 4.65. The molecule has 4 rings (SSSR count). The van der Waals surface area contributed by atoms with Crippen molar-refractivity contribution in [3.05, 3.63) is 36.9 Å². The molecule has 3 N–H and O–H groups in total. The summed E-state index contributed by atoms with van der Waals surface area (Å²) >= 11 is 1.37. The zero-order valence-electron chi connectivity index (χ0n) is 25.3. The smallest absolute Gasteiger partial charge is 0.408 e. The number of allylic oxidation sites excluding steroid dienone is 1. The Bertz CT molecular complexity index is 1320. The molecule has 11 nitrogen and oxygen atoms in total. The zero-order chi connectivity index (χ0) is 31.4. The van der Waals surface area contributed by atoms with Crippen LogP contribution >= 0.6 is 11.3 Å². The number of amides is 3. The number of fused-ring (bicyclic) bond motifs is 1. The van der Waals surface area contributed by atoms with Gasteiger partial charge in [0.25, 0.3) is 5.19 Å². The van der Waals surface area contributed by atoms with E-state index in [0.717, 1.165) is 29.5 Å². The lowest BCUT2D eigenvalue weighted by molar-refractivity contribution is -0.145. The summed E-state index contributed by atoms with van der Waals surface area (Å²) in [7, 11) is 0. The van der Waals surface area contributed by atoms with E-state index in [1.807, 2.05) is 30.3 Å². The molecule has 1 saturated carbocycles. The highest BCUT2D eigenvalue weighted by Gasteiger charge is 2.60. The normalized spacial score (nSPS) is 23.8. The minimum absolute atomic E-state index is 0.0748. The van der Waals surface area contributed by atoms with Crippen molar-refractivity contribution in [3.63, 3.8) is 0 Å². The Balaban J connectivity index is 1.55. The van der Waals surface area contributed by atoms with Gasteiger partial charge in [-0.1, -0.05) is 49.3 Å². The van der Waals surface area contributed by atoms with Gasteiger partial charge in [0.2, 0.25) is 11.8 Å². The van der Waals surface area contributed by atoms with Crippen LogP contribution in [-0.4, -0.2) is 74.7 Å². The molecule has 0 radical (unpaired) electrons. The number of carbonyl (C=O) groups excluding carboxylic acids is 3. The van der Waals surface area contributed by atoms with Crippen molar-refractivity contribution in [3.8, 4) is 5.19 Å². The number of ether oxygens (including phenoxy) is 2. The largest absolute Gasteiger partial charge is 0.479 e. The number of para-hydroxylation sites is 1. The average molecular weight is 615 g/mol. The molecule has 12 heteroatoms. The lowest BCUT2D eigenvalue weighted by Gasteiger charge is -2.30. The number of alkyl carbamates (subject to hydrolysis) is 1. The van der Waals surface area contributed by atoms with Crippen LogP contribution in [0.4, 0.5) is 4.79 Å². The van der Waals surface area contributed by atoms with Gasteiger partial charge in [-0.25, -0.2) is 14.6 Å². The maximum Gasteiger partial charge on any atom is 0.408 e. The van der Waals surface area contributed by atoms with Gasteiger partial charge in [-0.3, -0.25) is 9.59 Å². The SMILES string of the molecule is C=CCCCCC[C@H](NC(=O)OC(C)(C)C)C(=O)N1C[C@H](Oc2nc3ccccc3s2)C[C@H]1C(=O)N[C@]1(C(=O)O)CC1C. The van der Waals surface area contributed by atoms with Crippen molar-refractivity contribution in [1.82, 2.24) is 20.5 Å². The van der Waals surface area contributed by atoms with Gasteiger partial charge in [0, 0.05) is 6.42 Å². The second-order valence-electron chi connectivity index (χ2n) is 12.4. The number of nitrogens with zero attached hydrogens (tertiary/aromatic N) is 2. The Morgan fingerprint density at radius 1 is 1.23 bits per heavy atom. The number of carbonyl (C=O) groups is 4. The van der Waals surface area contributed by atoms with Crippen LogP contribution in [0.5, 0.6) is 5.19 Å². The first-order chi connectivity index (χ1) is 20.3. The average Bonchev–Trinajstić information content (AvgIpc) is 3.24. The molecule has 2 fully saturated rings. The van der Waals surface area contributed by atoms with Gasteiger partial charge in [0.15, 0.2) is 0 Å². The molecule has 1 aromatic heterocycles. The number of likely N-dealkylation sites (tertiary alicyclic amines) is 1. The molecule has 2 aliphatic rings. The Morgan fingerprint density at radius 2 is 1.95 bits per heavy atom. The van der Waals surface area contributed by atoms with Crippen molar-refractivity contribution in [2.45, 2.75) is 102 Å². The summed E-state index contributed by atoms with van der Waals surface area (Å²) in [5, 5.41) is 15.6. The summed E-state index contributed by atoms with van der Waals surface area (Å²) in [4.78, 5) is 58.4. The predicted molar refractivity (Wildman–Crippen MR) is 163 cm³/mol. The van der Waals surface area contributed by atoms with Crippen LogP contribution in [0.15, 0.2) is 36.9 Å². The van der Waals surface area contributed by atoms with E-state index in [1.165, 1.54) is 16.2 Å². The van der Waals surface area contributed by atoms with Crippen molar-refractivity contribution < 1.29 is 33.8 Å². The summed E-state index contributed by atoms with van der Waals surface area (Å²) in [5.41, 5.74) is -1.33. The molecule has 0 bridgehead atoms. The quantitative estimate of drug-likeness (QED) is 0.218. The fourth-order valence-corrected chi connectivity index (χ4v) is 6.27. The van der Waals surface area contributed by atoms with Gasteiger partial charge in [-0.05, 0) is 64.5 Å². The molecule has 2 aromatic rings. The van der Waals surface area contributed by atoms with E-state index in [1.54, 1.807) is 27.7 Å². The minimum Gasteiger partial charge on any atom is -0.479 e. The Kier molecular flexibility index (Phi) is 9.99. The molecule has 1 aliphatic carbocycles. The van der Waals surface area contributed by atoms with E-state index in [0.29, 0.717) is 24.5 Å². The number of carboxylic acid groups (broad SMARTS) is 1. The van der Waals surface area contributed by atoms with Crippen molar-refractivity contribution >= 4 is 45.4 Å². The molecule has 1 saturated heterocycles. The van der Waals surface area contributed by atoms with Gasteiger partial charge in [-0.2, -0.15) is 0 Å². The standard InChI is InChI=1S/C31H42N4O7S/c1-6-7-8-9-10-14-22(32-28(40)42-30(3,4)5)26(37)35-18-20(41-29-33-21-13-11-12-15-24(21)43-29)16-23(35)25(36)34-31(27(38)39)17-19(31)2/h6,11-13,15,19-20,22-23H,1,7-10,14,16-18H2,2-5H3,(H,32,40)(H,34,36)(H,38,39)/t19?,20-,22+,23+,31-/m1/s1. The van der Waals surface area contributed by atoms with Gasteiger partial charge in [0.1, 0.15) is 29.3 Å². The Morgan fingerprint density at radius 3 is 2.58 bits per heavy atom. The van der Waals surface area contributed by atoms with E-state index < -0.39 is 53.2 Å². The Labute approximate surface area is 256 Å². The third-order valence-corrected chi connectivity index (χ3v) is 8.74. The van der Waals surface area contributed by atoms with E-state index >= 15 is 0 Å². The summed E-state index contributed by atoms with van der Waals surface area (Å²) in [5.74, 6) is -2.34. The third-order valence-electron chi connectivity index (χ3n) is 7.82. The zero-order valence-corrected chi connectivity index (χ0v) is 26.1. The first-order valence-corrected chi connectivity index (χ1v) is 15.6. The van der Waals surface area contributed by atoms with Gasteiger partial charge in [-0.15, -0.1) is 6.58 Å². The van der Waals surface area contributed by atoms with Crippen LogP contribution in [0, 0.1) is 5.92 Å². The number of carboxylic acids is 1. The maximum atomic E-state index is 14.1. The van der Waals surface area contributed by atoms with Crippen LogP contribution < -0.4 is 15.4 Å². The van der Waals surface area contributed by atoms with Gasteiger partial charge < -0.3 is 30.1 Å². The topological polar surface area (TPSA) is 147 Å². The van der Waals surface area contributed by atoms with E-state index in [-0.39, 0.29) is 18.9 Å². The molecule has 2 heterocycles. The fourth-order valence-electron chi connectivity index (χ4n) is 5.39. The number of hydrogen-bond donors (Lipinski definition) is 3. The molecular weight excluding hydrogens is 572 g/mol. The van der Waals surface area contributed by atoms with Crippen LogP contribution in [0.3, 0.4) is 0 Å². The van der Waals surface area contributed by atoms with Crippen LogP contribution in [0.2, 0.25) is 0 Å². The first-order valence-electron chi connectivity index (χ1n) is 14.8. The van der Waals surface area contributed by atoms with Crippen LogP contribution in [-0.2, 0) is 19.1 Å². The lowest BCUT2D eigenvalue weighted by Crippen LogP contribution is -2.56. The fraction of sp³-hybridized carbons (Fsp3) is 0.581. The summed E-state index contributed by atoms with van der Waals surface area (Å²) < 4.78 is 12.6. The highest BCUT2D eigenvalue weighted by molar-refractivity contribution is 7.20. The van der Waals surface area contributed by atoms with Crippen molar-refractivity contribution in [2.24, 2.45) is 5.92 Å². The molecule has 1 unspecified atom stereocenters. The van der Waals surface area contributed by atoms with Gasteiger partial charge >= 0.3 is 12.1 Å². The van der Waals surface area contributed by atoms with Crippen LogP contribution in [0.1, 0.15) is 72.6 Å². The number of benzene rings is 1. The molecule has 3 amide bonds. The first kappa shape index (κ1) is 32.2. The number of aliphatic carboxylic acids is 1. The minimum atomic E-state index is -1.35. The number of rotatable bonds is 13.